The second-order valence-electron chi connectivity index (χ2n) is 5.84. The lowest BCUT2D eigenvalue weighted by molar-refractivity contribution is -0.140. The van der Waals surface area contributed by atoms with Crippen LogP contribution in [-0.2, 0) is 19.1 Å². The summed E-state index contributed by atoms with van der Waals surface area (Å²) in [5, 5.41) is 7.41. The van der Waals surface area contributed by atoms with Gasteiger partial charge in [-0.15, -0.1) is 0 Å². The number of carbonyl (C=O) groups is 3. The molecule has 0 aromatic heterocycles. The molecule has 9 heteroatoms. The number of esters is 1. The molecule has 2 aromatic carbocycles. The highest BCUT2D eigenvalue weighted by molar-refractivity contribution is 6.38. The number of hydrogen-bond donors (Lipinski definition) is 1. The van der Waals surface area contributed by atoms with Crippen LogP contribution < -0.4 is 10.3 Å². The van der Waals surface area contributed by atoms with Gasteiger partial charge in [-0.25, -0.2) is 18.6 Å². The number of carbonyl (C=O) groups excluding carboxylic acids is 3. The highest BCUT2D eigenvalue weighted by Crippen LogP contribution is 2.20. The Labute approximate surface area is 158 Å². The van der Waals surface area contributed by atoms with Crippen LogP contribution in [0, 0.1) is 11.6 Å². The molecular weight excluding hydrogens is 372 g/mol. The molecule has 0 aliphatic carbocycles. The first-order valence-corrected chi connectivity index (χ1v) is 8.31. The van der Waals surface area contributed by atoms with Crippen LogP contribution in [0.25, 0.3) is 0 Å². The van der Waals surface area contributed by atoms with Gasteiger partial charge < -0.3 is 10.1 Å². The lowest BCUT2D eigenvalue weighted by Crippen LogP contribution is -2.35. The van der Waals surface area contributed by atoms with Crippen molar-refractivity contribution in [2.24, 2.45) is 5.10 Å². The highest BCUT2D eigenvalue weighted by atomic mass is 19.2. The molecule has 0 spiro atoms. The van der Waals surface area contributed by atoms with E-state index in [0.717, 1.165) is 17.1 Å². The number of anilines is 2. The Bertz CT molecular complexity index is 947. The Balaban J connectivity index is 1.60. The third-order valence-electron chi connectivity index (χ3n) is 3.81. The Morgan fingerprint density at radius 2 is 1.82 bits per heavy atom. The van der Waals surface area contributed by atoms with E-state index < -0.39 is 30.1 Å². The maximum Gasteiger partial charge on any atom is 0.355 e. The van der Waals surface area contributed by atoms with Crippen LogP contribution in [-0.4, -0.2) is 30.1 Å². The minimum atomic E-state index is -1.11. The van der Waals surface area contributed by atoms with E-state index >= 15 is 0 Å². The first-order chi connectivity index (χ1) is 13.4. The average molecular weight is 387 g/mol. The summed E-state index contributed by atoms with van der Waals surface area (Å²) in [6.07, 6.45) is 0.162. The number of amides is 2. The van der Waals surface area contributed by atoms with Gasteiger partial charge in [0.25, 0.3) is 5.91 Å². The summed E-state index contributed by atoms with van der Waals surface area (Å²) < 4.78 is 30.9. The van der Waals surface area contributed by atoms with Gasteiger partial charge in [-0.3, -0.25) is 9.59 Å². The van der Waals surface area contributed by atoms with E-state index in [4.69, 9.17) is 4.74 Å². The molecule has 0 bridgehead atoms. The first kappa shape index (κ1) is 19.2. The number of ether oxygens (including phenoxy) is 1. The zero-order chi connectivity index (χ0) is 20.1. The molecule has 1 aliphatic rings. The molecule has 1 aliphatic heterocycles. The maximum atomic E-state index is 13.1. The molecule has 0 saturated carbocycles. The third-order valence-corrected chi connectivity index (χ3v) is 3.81. The zero-order valence-corrected chi connectivity index (χ0v) is 14.5. The molecule has 3 rings (SSSR count). The van der Waals surface area contributed by atoms with E-state index in [1.165, 1.54) is 6.07 Å². The highest BCUT2D eigenvalue weighted by Gasteiger charge is 2.26. The van der Waals surface area contributed by atoms with Crippen LogP contribution in [0.2, 0.25) is 0 Å². The Morgan fingerprint density at radius 1 is 1.07 bits per heavy atom. The fraction of sp³-hybridized carbons (Fsp3) is 0.158. The molecule has 0 unspecified atom stereocenters. The molecule has 2 amide bonds. The van der Waals surface area contributed by atoms with Gasteiger partial charge in [-0.2, -0.15) is 5.10 Å². The molecule has 1 heterocycles. The quantitative estimate of drug-likeness (QED) is 0.799. The van der Waals surface area contributed by atoms with Crippen molar-refractivity contribution in [1.29, 1.82) is 0 Å². The number of rotatable bonds is 5. The maximum absolute atomic E-state index is 13.1. The van der Waals surface area contributed by atoms with Crippen LogP contribution in [0.1, 0.15) is 12.8 Å². The first-order valence-electron chi connectivity index (χ1n) is 8.31. The van der Waals surface area contributed by atoms with Crippen molar-refractivity contribution in [1.82, 2.24) is 0 Å². The number of hydrazone groups is 1. The summed E-state index contributed by atoms with van der Waals surface area (Å²) in [6.45, 7) is -0.643. The minimum absolute atomic E-state index is 0.00378. The van der Waals surface area contributed by atoms with Crippen molar-refractivity contribution in [2.45, 2.75) is 12.8 Å². The Morgan fingerprint density at radius 3 is 2.54 bits per heavy atom. The topological polar surface area (TPSA) is 88.1 Å². The van der Waals surface area contributed by atoms with E-state index in [2.05, 4.69) is 10.4 Å². The molecule has 7 nitrogen and oxygen atoms in total. The minimum Gasteiger partial charge on any atom is -0.451 e. The normalized spacial score (nSPS) is 13.7. The van der Waals surface area contributed by atoms with E-state index in [0.29, 0.717) is 5.69 Å². The van der Waals surface area contributed by atoms with Crippen molar-refractivity contribution < 1.29 is 27.9 Å². The van der Waals surface area contributed by atoms with Gasteiger partial charge in [0, 0.05) is 24.6 Å². The third kappa shape index (κ3) is 4.56. The van der Waals surface area contributed by atoms with Gasteiger partial charge in [-0.05, 0) is 24.3 Å². The second-order valence-corrected chi connectivity index (χ2v) is 5.84. The Kier molecular flexibility index (Phi) is 5.73. The summed E-state index contributed by atoms with van der Waals surface area (Å²) in [4.78, 5) is 36.0. The van der Waals surface area contributed by atoms with E-state index in [9.17, 15) is 23.2 Å². The molecule has 0 atom stereocenters. The van der Waals surface area contributed by atoms with Crippen molar-refractivity contribution in [3.8, 4) is 0 Å². The van der Waals surface area contributed by atoms with Crippen LogP contribution in [0.5, 0.6) is 0 Å². The molecule has 0 saturated heterocycles. The van der Waals surface area contributed by atoms with Gasteiger partial charge >= 0.3 is 5.97 Å². The van der Waals surface area contributed by atoms with E-state index in [1.54, 1.807) is 30.3 Å². The fourth-order valence-corrected chi connectivity index (χ4v) is 2.46. The largest absolute Gasteiger partial charge is 0.451 e. The number of hydrogen-bond acceptors (Lipinski definition) is 5. The van der Waals surface area contributed by atoms with Crippen molar-refractivity contribution in [2.75, 3.05) is 16.9 Å². The van der Waals surface area contributed by atoms with Gasteiger partial charge in [0.15, 0.2) is 18.2 Å². The summed E-state index contributed by atoms with van der Waals surface area (Å²) in [5.41, 5.74) is 0.536. The molecule has 2 aromatic rings. The number of nitrogens with one attached hydrogen (secondary N) is 1. The molecule has 144 valence electrons. The van der Waals surface area contributed by atoms with E-state index in [1.807, 2.05) is 0 Å². The smallest absolute Gasteiger partial charge is 0.355 e. The van der Waals surface area contributed by atoms with Gasteiger partial charge in [0.2, 0.25) is 5.91 Å². The van der Waals surface area contributed by atoms with E-state index in [-0.39, 0.29) is 30.1 Å². The summed E-state index contributed by atoms with van der Waals surface area (Å²) in [6, 6.07) is 11.4. The SMILES string of the molecule is O=C(COC(=O)C1=NN(c2ccccc2)C(=O)CC1)Nc1ccc(F)c(F)c1. The second kappa shape index (κ2) is 8.38. The monoisotopic (exact) mass is 387 g/mol. The lowest BCUT2D eigenvalue weighted by Gasteiger charge is -2.22. The van der Waals surface area contributed by atoms with Crippen molar-refractivity contribution in [3.05, 3.63) is 60.2 Å². The molecule has 0 fully saturated rings. The fourth-order valence-electron chi connectivity index (χ4n) is 2.46. The molecule has 28 heavy (non-hydrogen) atoms. The average Bonchev–Trinajstić information content (AvgIpc) is 2.70. The Hall–Kier alpha value is -3.62. The van der Waals surface area contributed by atoms with Crippen molar-refractivity contribution in [3.63, 3.8) is 0 Å². The molecular formula is C19H15F2N3O4. The summed E-state index contributed by atoms with van der Waals surface area (Å²) in [5.74, 6) is -3.99. The predicted molar refractivity (Wildman–Crippen MR) is 96.5 cm³/mol. The molecule has 0 radical (unpaired) electrons. The predicted octanol–water partition coefficient (Wildman–Crippen LogP) is 2.63. The number of para-hydroxylation sites is 1. The zero-order valence-electron chi connectivity index (χ0n) is 14.5. The van der Waals surface area contributed by atoms with Crippen molar-refractivity contribution >= 4 is 34.9 Å². The lowest BCUT2D eigenvalue weighted by atomic mass is 10.1. The van der Waals surface area contributed by atoms with Gasteiger partial charge in [0.1, 0.15) is 5.71 Å². The van der Waals surface area contributed by atoms with Gasteiger partial charge in [-0.1, -0.05) is 18.2 Å². The molecule has 1 N–H and O–H groups in total. The van der Waals surface area contributed by atoms with Gasteiger partial charge in [0.05, 0.1) is 5.69 Å². The number of halogens is 2. The van der Waals surface area contributed by atoms with Crippen LogP contribution in [0.3, 0.4) is 0 Å². The summed E-state index contributed by atoms with van der Waals surface area (Å²) in [7, 11) is 0. The van der Waals surface area contributed by atoms with Crippen LogP contribution in [0.15, 0.2) is 53.6 Å². The standard InChI is InChI=1S/C19H15F2N3O4/c20-14-7-6-12(10-15(14)21)22-17(25)11-28-19(27)16-8-9-18(26)24(23-16)13-4-2-1-3-5-13/h1-7,10H,8-9,11H2,(H,22,25). The van der Waals surface area contributed by atoms with Crippen LogP contribution >= 0.6 is 0 Å². The number of nitrogens with zero attached hydrogens (tertiary/aromatic N) is 2. The van der Waals surface area contributed by atoms with Crippen LogP contribution in [0.4, 0.5) is 20.2 Å². The summed E-state index contributed by atoms with van der Waals surface area (Å²) >= 11 is 0. The number of benzene rings is 2.